The number of carbonyl (C=O) groups excluding carboxylic acids is 1. The van der Waals surface area contributed by atoms with Crippen molar-refractivity contribution >= 4 is 11.8 Å². The standard InChI is InChI=1S/C13H16F2N2O2/c1-8(9-6-5-7-10(14)11(9)15)16-17-12(18)19-13(2,3)4/h5-7H,1-4H3,(H,17,18)/b16-8+. The van der Waals surface area contributed by atoms with Gasteiger partial charge in [0.05, 0.1) is 5.71 Å². The summed E-state index contributed by atoms with van der Waals surface area (Å²) in [4.78, 5) is 11.3. The van der Waals surface area contributed by atoms with Crippen molar-refractivity contribution in [3.8, 4) is 0 Å². The van der Waals surface area contributed by atoms with Crippen LogP contribution in [0.25, 0.3) is 0 Å². The molecule has 0 aliphatic heterocycles. The fraction of sp³-hybridized carbons (Fsp3) is 0.385. The van der Waals surface area contributed by atoms with E-state index in [-0.39, 0.29) is 11.3 Å². The maximum absolute atomic E-state index is 13.4. The van der Waals surface area contributed by atoms with E-state index in [4.69, 9.17) is 4.74 Å². The molecule has 0 saturated heterocycles. The van der Waals surface area contributed by atoms with Crippen molar-refractivity contribution in [2.24, 2.45) is 5.10 Å². The van der Waals surface area contributed by atoms with E-state index >= 15 is 0 Å². The summed E-state index contributed by atoms with van der Waals surface area (Å²) in [7, 11) is 0. The number of hydrogen-bond acceptors (Lipinski definition) is 3. The van der Waals surface area contributed by atoms with Gasteiger partial charge in [0.25, 0.3) is 0 Å². The molecule has 0 unspecified atom stereocenters. The van der Waals surface area contributed by atoms with Gasteiger partial charge in [0.2, 0.25) is 0 Å². The van der Waals surface area contributed by atoms with Gasteiger partial charge in [-0.1, -0.05) is 6.07 Å². The van der Waals surface area contributed by atoms with Gasteiger partial charge < -0.3 is 4.74 Å². The average molecular weight is 270 g/mol. The first kappa shape index (κ1) is 15.1. The molecule has 19 heavy (non-hydrogen) atoms. The highest BCUT2D eigenvalue weighted by atomic mass is 19.2. The zero-order valence-corrected chi connectivity index (χ0v) is 11.3. The van der Waals surface area contributed by atoms with Crippen molar-refractivity contribution in [2.45, 2.75) is 33.3 Å². The second kappa shape index (κ2) is 5.77. The molecule has 1 N–H and O–H groups in total. The zero-order valence-electron chi connectivity index (χ0n) is 11.3. The summed E-state index contributed by atoms with van der Waals surface area (Å²) in [6.07, 6.45) is -0.760. The lowest BCUT2D eigenvalue weighted by atomic mass is 10.1. The summed E-state index contributed by atoms with van der Waals surface area (Å²) in [5.74, 6) is -1.97. The Balaban J connectivity index is 2.78. The predicted octanol–water partition coefficient (Wildman–Crippen LogP) is 3.21. The lowest BCUT2D eigenvalue weighted by molar-refractivity contribution is 0.0529. The summed E-state index contributed by atoms with van der Waals surface area (Å²) in [6, 6.07) is 3.74. The fourth-order valence-electron chi connectivity index (χ4n) is 1.27. The highest BCUT2D eigenvalue weighted by Gasteiger charge is 2.16. The third-order valence-electron chi connectivity index (χ3n) is 2.06. The Morgan fingerprint density at radius 3 is 2.53 bits per heavy atom. The normalized spacial score (nSPS) is 12.2. The van der Waals surface area contributed by atoms with Crippen molar-refractivity contribution in [1.29, 1.82) is 0 Å². The minimum atomic E-state index is -1.00. The minimum absolute atomic E-state index is 0.0175. The number of hydrogen-bond donors (Lipinski definition) is 1. The molecule has 0 fully saturated rings. The number of nitrogens with zero attached hydrogens (tertiary/aromatic N) is 1. The number of rotatable bonds is 2. The Morgan fingerprint density at radius 2 is 1.95 bits per heavy atom. The van der Waals surface area contributed by atoms with Crippen LogP contribution in [-0.4, -0.2) is 17.4 Å². The molecule has 0 aliphatic carbocycles. The highest BCUT2D eigenvalue weighted by molar-refractivity contribution is 5.99. The quantitative estimate of drug-likeness (QED) is 0.662. The van der Waals surface area contributed by atoms with Crippen LogP contribution in [0.5, 0.6) is 0 Å². The van der Waals surface area contributed by atoms with Gasteiger partial charge in [-0.15, -0.1) is 0 Å². The smallest absolute Gasteiger partial charge is 0.428 e. The van der Waals surface area contributed by atoms with E-state index in [1.807, 2.05) is 0 Å². The van der Waals surface area contributed by atoms with Crippen LogP contribution in [0.1, 0.15) is 33.3 Å². The monoisotopic (exact) mass is 270 g/mol. The van der Waals surface area contributed by atoms with Gasteiger partial charge in [0, 0.05) is 5.56 Å². The van der Waals surface area contributed by atoms with Gasteiger partial charge in [0.15, 0.2) is 11.6 Å². The van der Waals surface area contributed by atoms with E-state index < -0.39 is 23.3 Å². The number of hydrazone groups is 1. The van der Waals surface area contributed by atoms with Gasteiger partial charge in [-0.25, -0.2) is 19.0 Å². The molecule has 0 heterocycles. The SMILES string of the molecule is C/C(=N\NC(=O)OC(C)(C)C)c1cccc(F)c1F. The van der Waals surface area contributed by atoms with E-state index in [1.54, 1.807) is 20.8 Å². The van der Waals surface area contributed by atoms with Crippen molar-refractivity contribution in [1.82, 2.24) is 5.43 Å². The molecule has 1 rings (SSSR count). The number of ether oxygens (including phenoxy) is 1. The molecule has 0 saturated carbocycles. The molecule has 0 bridgehead atoms. The molecule has 104 valence electrons. The van der Waals surface area contributed by atoms with Crippen LogP contribution in [0.2, 0.25) is 0 Å². The summed E-state index contributed by atoms with van der Waals surface area (Å²) < 4.78 is 31.4. The van der Waals surface area contributed by atoms with Gasteiger partial charge in [-0.05, 0) is 39.8 Å². The van der Waals surface area contributed by atoms with E-state index in [9.17, 15) is 13.6 Å². The predicted molar refractivity (Wildman–Crippen MR) is 67.9 cm³/mol. The van der Waals surface area contributed by atoms with Crippen LogP contribution in [-0.2, 0) is 4.74 Å². The molecule has 0 aromatic heterocycles. The first-order chi connectivity index (χ1) is 8.70. The number of carbonyl (C=O) groups is 1. The summed E-state index contributed by atoms with van der Waals surface area (Å²) in [5.41, 5.74) is 1.59. The second-order valence-corrected chi connectivity index (χ2v) is 4.91. The molecule has 1 aromatic carbocycles. The molecule has 0 aliphatic rings. The van der Waals surface area contributed by atoms with Crippen LogP contribution in [0, 0.1) is 11.6 Å². The van der Waals surface area contributed by atoms with Gasteiger partial charge in [0.1, 0.15) is 5.60 Å². The fourth-order valence-corrected chi connectivity index (χ4v) is 1.27. The van der Waals surface area contributed by atoms with Crippen LogP contribution < -0.4 is 5.43 Å². The number of halogens is 2. The van der Waals surface area contributed by atoms with Crippen molar-refractivity contribution in [2.75, 3.05) is 0 Å². The molecule has 0 atom stereocenters. The van der Waals surface area contributed by atoms with Crippen molar-refractivity contribution < 1.29 is 18.3 Å². The molecule has 4 nitrogen and oxygen atoms in total. The van der Waals surface area contributed by atoms with Crippen LogP contribution in [0.3, 0.4) is 0 Å². The molecule has 1 amide bonds. The third-order valence-corrected chi connectivity index (χ3v) is 2.06. The van der Waals surface area contributed by atoms with Gasteiger partial charge in [-0.2, -0.15) is 5.10 Å². The maximum Gasteiger partial charge on any atom is 0.428 e. The average Bonchev–Trinajstić information content (AvgIpc) is 2.27. The first-order valence-electron chi connectivity index (χ1n) is 5.68. The second-order valence-electron chi connectivity index (χ2n) is 4.91. The lowest BCUT2D eigenvalue weighted by Crippen LogP contribution is -2.30. The molecule has 1 aromatic rings. The van der Waals surface area contributed by atoms with Crippen LogP contribution >= 0.6 is 0 Å². The molecular formula is C13H16F2N2O2. The van der Waals surface area contributed by atoms with E-state index in [2.05, 4.69) is 10.5 Å². The lowest BCUT2D eigenvalue weighted by Gasteiger charge is -2.18. The van der Waals surface area contributed by atoms with Gasteiger partial charge in [-0.3, -0.25) is 0 Å². The molecule has 0 radical (unpaired) electrons. The van der Waals surface area contributed by atoms with Crippen molar-refractivity contribution in [3.63, 3.8) is 0 Å². The van der Waals surface area contributed by atoms with Gasteiger partial charge >= 0.3 is 6.09 Å². The van der Waals surface area contributed by atoms with E-state index in [1.165, 1.54) is 19.1 Å². The molecular weight excluding hydrogens is 254 g/mol. The van der Waals surface area contributed by atoms with E-state index in [0.29, 0.717) is 0 Å². The Labute approximate surface area is 110 Å². The van der Waals surface area contributed by atoms with Crippen LogP contribution in [0.15, 0.2) is 23.3 Å². The Bertz CT molecular complexity index is 508. The Morgan fingerprint density at radius 1 is 1.32 bits per heavy atom. The number of nitrogens with one attached hydrogen (secondary N) is 1. The minimum Gasteiger partial charge on any atom is -0.443 e. The largest absolute Gasteiger partial charge is 0.443 e. The van der Waals surface area contributed by atoms with E-state index in [0.717, 1.165) is 6.07 Å². The molecule has 6 heteroatoms. The summed E-state index contributed by atoms with van der Waals surface area (Å²) >= 11 is 0. The van der Waals surface area contributed by atoms with Crippen molar-refractivity contribution in [3.05, 3.63) is 35.4 Å². The highest BCUT2D eigenvalue weighted by Crippen LogP contribution is 2.12. The summed E-state index contributed by atoms with van der Waals surface area (Å²) in [6.45, 7) is 6.56. The molecule has 0 spiro atoms. The number of benzene rings is 1. The Hall–Kier alpha value is -1.98. The van der Waals surface area contributed by atoms with Crippen LogP contribution in [0.4, 0.5) is 13.6 Å². The summed E-state index contributed by atoms with van der Waals surface area (Å²) in [5, 5.41) is 3.67. The zero-order chi connectivity index (χ0) is 14.6. The Kier molecular flexibility index (Phi) is 4.58. The first-order valence-corrected chi connectivity index (χ1v) is 5.68. The number of amides is 1. The third kappa shape index (κ3) is 4.65. The maximum atomic E-state index is 13.4. The topological polar surface area (TPSA) is 50.7 Å².